The van der Waals surface area contributed by atoms with Crippen LogP contribution in [0.4, 0.5) is 13.6 Å². The van der Waals surface area contributed by atoms with Gasteiger partial charge in [0.05, 0.1) is 30.6 Å². The zero-order chi connectivity index (χ0) is 26.9. The average Bonchev–Trinajstić information content (AvgIpc) is 3.14. The van der Waals surface area contributed by atoms with Crippen molar-refractivity contribution in [1.29, 1.82) is 0 Å². The van der Waals surface area contributed by atoms with Gasteiger partial charge in [-0.05, 0) is 35.9 Å². The number of aromatic nitrogens is 3. The van der Waals surface area contributed by atoms with Gasteiger partial charge in [0.25, 0.3) is 5.56 Å². The van der Waals surface area contributed by atoms with Gasteiger partial charge < -0.3 is 20.1 Å². The number of nitrogens with zero attached hydrogens (tertiary/aromatic N) is 3. The molecule has 0 spiro atoms. The van der Waals surface area contributed by atoms with Crippen LogP contribution < -0.4 is 21.7 Å². The normalized spacial score (nSPS) is 11.1. The minimum atomic E-state index is -1.11. The average molecular weight is 533 g/mol. The molecule has 192 valence electrons. The van der Waals surface area contributed by atoms with Crippen LogP contribution in [0.15, 0.2) is 58.3 Å². The monoisotopic (exact) mass is 532 g/mol. The molecular formula is C24H19ClF2N4O6. The third-order valence-corrected chi connectivity index (χ3v) is 5.87. The number of hydrogen-bond acceptors (Lipinski definition) is 6. The third kappa shape index (κ3) is 5.01. The molecule has 0 aliphatic heterocycles. The second-order valence-corrected chi connectivity index (χ2v) is 8.31. The van der Waals surface area contributed by atoms with Gasteiger partial charge in [-0.2, -0.15) is 0 Å². The Morgan fingerprint density at radius 1 is 1.03 bits per heavy atom. The van der Waals surface area contributed by atoms with Crippen molar-refractivity contribution in [2.45, 2.75) is 19.6 Å². The molecule has 0 atom stereocenters. The summed E-state index contributed by atoms with van der Waals surface area (Å²) >= 11 is 6.17. The van der Waals surface area contributed by atoms with Crippen molar-refractivity contribution in [3.8, 4) is 5.75 Å². The molecule has 0 fully saturated rings. The Balaban J connectivity index is 1.63. The quantitative estimate of drug-likeness (QED) is 0.375. The Morgan fingerprint density at radius 3 is 2.46 bits per heavy atom. The summed E-state index contributed by atoms with van der Waals surface area (Å²) in [5, 5.41) is 8.77. The Labute approximate surface area is 211 Å². The van der Waals surface area contributed by atoms with E-state index in [2.05, 4.69) is 0 Å². The van der Waals surface area contributed by atoms with Gasteiger partial charge in [-0.3, -0.25) is 9.59 Å². The van der Waals surface area contributed by atoms with E-state index in [9.17, 15) is 28.0 Å². The first-order valence-corrected chi connectivity index (χ1v) is 11.2. The number of pyridine rings is 1. The van der Waals surface area contributed by atoms with Crippen LogP contribution in [0.2, 0.25) is 5.02 Å². The molecule has 0 radical (unpaired) electrons. The zero-order valence-electron chi connectivity index (χ0n) is 19.0. The zero-order valence-corrected chi connectivity index (χ0v) is 19.7. The highest BCUT2D eigenvalue weighted by Crippen LogP contribution is 2.23. The summed E-state index contributed by atoms with van der Waals surface area (Å²) in [6, 6.07) is 7.67. The number of amides is 1. The van der Waals surface area contributed by atoms with Crippen molar-refractivity contribution in [3.05, 3.63) is 97.3 Å². The number of primary amides is 1. The molecule has 13 heteroatoms. The minimum Gasteiger partial charge on any atom is -0.487 e. The van der Waals surface area contributed by atoms with Crippen LogP contribution in [0.5, 0.6) is 5.75 Å². The highest BCUT2D eigenvalue weighted by molar-refractivity contribution is 6.31. The molecule has 2 aromatic heterocycles. The molecule has 1 amide bonds. The van der Waals surface area contributed by atoms with E-state index in [1.807, 2.05) is 0 Å². The molecular weight excluding hydrogens is 514 g/mol. The number of ether oxygens (including phenoxy) is 1. The lowest BCUT2D eigenvalue weighted by Gasteiger charge is -2.12. The number of hydrogen-bond donors (Lipinski definition) is 2. The predicted octanol–water partition coefficient (Wildman–Crippen LogP) is 2.47. The molecule has 2 heterocycles. The van der Waals surface area contributed by atoms with Crippen LogP contribution in [-0.2, 0) is 13.2 Å². The summed E-state index contributed by atoms with van der Waals surface area (Å²) in [6.45, 7) is -0.818. The van der Waals surface area contributed by atoms with E-state index in [-0.39, 0.29) is 46.9 Å². The first-order chi connectivity index (χ1) is 17.6. The van der Waals surface area contributed by atoms with Crippen molar-refractivity contribution in [2.24, 2.45) is 5.73 Å². The number of rotatable bonds is 7. The Kier molecular flexibility index (Phi) is 7.23. The van der Waals surface area contributed by atoms with Crippen LogP contribution in [0.25, 0.3) is 11.0 Å². The molecule has 4 rings (SSSR count). The first-order valence-electron chi connectivity index (χ1n) is 10.8. The molecule has 0 bridgehead atoms. The van der Waals surface area contributed by atoms with Crippen LogP contribution in [0.3, 0.4) is 0 Å². The lowest BCUT2D eigenvalue weighted by atomic mass is 10.2. The third-order valence-electron chi connectivity index (χ3n) is 5.52. The van der Waals surface area contributed by atoms with Gasteiger partial charge in [-0.1, -0.05) is 17.7 Å². The maximum absolute atomic E-state index is 13.8. The summed E-state index contributed by atoms with van der Waals surface area (Å²) in [7, 11) is 0. The molecule has 3 N–H and O–H groups in total. The van der Waals surface area contributed by atoms with Gasteiger partial charge in [-0.25, -0.2) is 27.5 Å². The fourth-order valence-corrected chi connectivity index (χ4v) is 3.99. The largest absolute Gasteiger partial charge is 0.487 e. The van der Waals surface area contributed by atoms with Gasteiger partial charge in [0.2, 0.25) is 5.91 Å². The van der Waals surface area contributed by atoms with Gasteiger partial charge in [0.1, 0.15) is 29.0 Å². The highest BCUT2D eigenvalue weighted by Gasteiger charge is 2.21. The molecule has 37 heavy (non-hydrogen) atoms. The SMILES string of the molecule is NC(=O)n1c(=O)n(C(=O)CCO)c2ccc(Cn3ccc(OCc4ccc(F)cc4F)c(Cl)c3=O)cc21. The Morgan fingerprint density at radius 2 is 1.78 bits per heavy atom. The number of nitrogens with two attached hydrogens (primary N) is 1. The summed E-state index contributed by atoms with van der Waals surface area (Å²) in [5.74, 6) is -2.27. The number of halogens is 3. The van der Waals surface area contributed by atoms with Gasteiger partial charge in [-0.15, -0.1) is 0 Å². The molecule has 0 unspecified atom stereocenters. The van der Waals surface area contributed by atoms with Crippen molar-refractivity contribution >= 4 is 34.6 Å². The van der Waals surface area contributed by atoms with Crippen LogP contribution in [0.1, 0.15) is 22.3 Å². The van der Waals surface area contributed by atoms with E-state index in [1.165, 1.54) is 41.1 Å². The Hall–Kier alpha value is -4.29. The summed E-state index contributed by atoms with van der Waals surface area (Å²) in [6.07, 6.45) is 1.04. The number of benzene rings is 2. The van der Waals surface area contributed by atoms with Gasteiger partial charge >= 0.3 is 11.7 Å². The highest BCUT2D eigenvalue weighted by atomic mass is 35.5. The van der Waals surface area contributed by atoms with Crippen LogP contribution in [0, 0.1) is 11.6 Å². The van der Waals surface area contributed by atoms with E-state index in [4.69, 9.17) is 27.2 Å². The summed E-state index contributed by atoms with van der Waals surface area (Å²) < 4.78 is 35.0. The van der Waals surface area contributed by atoms with Crippen LogP contribution >= 0.6 is 11.6 Å². The maximum Gasteiger partial charge on any atom is 0.344 e. The van der Waals surface area contributed by atoms with Crippen molar-refractivity contribution in [2.75, 3.05) is 6.61 Å². The van der Waals surface area contributed by atoms with E-state index < -0.39 is 41.4 Å². The van der Waals surface area contributed by atoms with E-state index in [0.29, 0.717) is 16.2 Å². The lowest BCUT2D eigenvalue weighted by molar-refractivity contribution is 0.0876. The van der Waals surface area contributed by atoms with Gasteiger partial charge in [0, 0.05) is 17.8 Å². The molecule has 0 saturated carbocycles. The standard InChI is InChI=1S/C24H19ClF2N4O6/c25-21-19(37-12-14-2-3-15(26)10-16(14)27)5-7-29(22(21)34)11-13-1-4-17-18(9-13)31(23(28)35)24(36)30(17)20(33)6-8-32/h1-5,7,9-10,32H,6,8,11-12H2,(H2,28,35). The summed E-state index contributed by atoms with van der Waals surface area (Å²) in [4.78, 5) is 49.7. The fourth-order valence-electron chi connectivity index (χ4n) is 3.76. The van der Waals surface area contributed by atoms with Gasteiger partial charge in [0.15, 0.2) is 0 Å². The summed E-state index contributed by atoms with van der Waals surface area (Å²) in [5.41, 5.74) is 4.41. The number of imidazole rings is 1. The van der Waals surface area contributed by atoms with E-state index in [1.54, 1.807) is 0 Å². The van der Waals surface area contributed by atoms with Crippen molar-refractivity contribution < 1.29 is 28.2 Å². The fraction of sp³-hybridized carbons (Fsp3) is 0.167. The Bertz CT molecular complexity index is 1660. The maximum atomic E-state index is 13.8. The first kappa shape index (κ1) is 25.8. The minimum absolute atomic E-state index is 0.0101. The van der Waals surface area contributed by atoms with Crippen molar-refractivity contribution in [3.63, 3.8) is 0 Å². The number of carbonyl (C=O) groups excluding carboxylic acids is 2. The van der Waals surface area contributed by atoms with E-state index in [0.717, 1.165) is 10.6 Å². The second-order valence-electron chi connectivity index (χ2n) is 7.93. The molecule has 10 nitrogen and oxygen atoms in total. The van der Waals surface area contributed by atoms with Crippen LogP contribution in [-0.4, -0.2) is 37.4 Å². The number of fused-ring (bicyclic) bond motifs is 1. The van der Waals surface area contributed by atoms with Crippen molar-refractivity contribution in [1.82, 2.24) is 13.7 Å². The number of carbonyl (C=O) groups is 2. The predicted molar refractivity (Wildman–Crippen MR) is 129 cm³/mol. The number of aliphatic hydroxyl groups is 1. The lowest BCUT2D eigenvalue weighted by Crippen LogP contribution is -2.35. The number of aliphatic hydroxyl groups excluding tert-OH is 1. The molecule has 4 aromatic rings. The smallest absolute Gasteiger partial charge is 0.344 e. The second kappa shape index (κ2) is 10.4. The topological polar surface area (TPSA) is 139 Å². The van der Waals surface area contributed by atoms with E-state index >= 15 is 0 Å². The molecule has 0 saturated heterocycles. The molecule has 0 aliphatic carbocycles. The molecule has 2 aromatic carbocycles. The molecule has 0 aliphatic rings.